The van der Waals surface area contributed by atoms with Crippen molar-refractivity contribution in [3.63, 3.8) is 0 Å². The molecular weight excluding hydrogens is 360 g/mol. The molecule has 0 bridgehead atoms. The van der Waals surface area contributed by atoms with Crippen LogP contribution in [0.5, 0.6) is 0 Å². The summed E-state index contributed by atoms with van der Waals surface area (Å²) in [6, 6.07) is 13.0. The first-order valence-electron chi connectivity index (χ1n) is 8.61. The number of thiophene rings is 1. The van der Waals surface area contributed by atoms with Crippen molar-refractivity contribution in [1.29, 1.82) is 0 Å². The number of H-pyrrole nitrogens is 1. The zero-order valence-electron chi connectivity index (χ0n) is 15.8. The molecule has 0 unspecified atom stereocenters. The van der Waals surface area contributed by atoms with Gasteiger partial charge in [-0.15, -0.1) is 11.3 Å². The van der Waals surface area contributed by atoms with Crippen molar-refractivity contribution >= 4 is 28.9 Å². The van der Waals surface area contributed by atoms with Gasteiger partial charge in [-0.2, -0.15) is 0 Å². The third-order valence-corrected chi connectivity index (χ3v) is 4.75. The summed E-state index contributed by atoms with van der Waals surface area (Å²) in [4.78, 5) is 29.3. The highest BCUT2D eigenvalue weighted by Gasteiger charge is 2.16. The Bertz CT molecular complexity index is 962. The van der Waals surface area contributed by atoms with Crippen LogP contribution >= 0.6 is 11.3 Å². The predicted molar refractivity (Wildman–Crippen MR) is 109 cm³/mol. The van der Waals surface area contributed by atoms with Crippen LogP contribution in [0.2, 0.25) is 0 Å². The van der Waals surface area contributed by atoms with Gasteiger partial charge in [-0.25, -0.2) is 4.79 Å². The van der Waals surface area contributed by atoms with Crippen LogP contribution in [0.4, 0.5) is 10.5 Å². The van der Waals surface area contributed by atoms with Gasteiger partial charge in [0.2, 0.25) is 5.78 Å². The number of aromatic amines is 1. The van der Waals surface area contributed by atoms with E-state index in [0.717, 1.165) is 21.0 Å². The van der Waals surface area contributed by atoms with Gasteiger partial charge in [-0.05, 0) is 63.6 Å². The van der Waals surface area contributed by atoms with Crippen LogP contribution in [0.1, 0.15) is 40.9 Å². The van der Waals surface area contributed by atoms with Crippen molar-refractivity contribution in [3.8, 4) is 11.3 Å². The maximum Gasteiger partial charge on any atom is 0.412 e. The number of ketones is 1. The number of ether oxygens (including phenoxy) is 1. The molecule has 3 rings (SSSR count). The number of amides is 1. The molecule has 0 atom stereocenters. The number of nitrogens with one attached hydrogen (secondary N) is 2. The lowest BCUT2D eigenvalue weighted by molar-refractivity contribution is 0.0635. The van der Waals surface area contributed by atoms with E-state index in [1.165, 1.54) is 11.3 Å². The summed E-state index contributed by atoms with van der Waals surface area (Å²) in [6.45, 7) is 7.43. The van der Waals surface area contributed by atoms with Crippen LogP contribution in [0.3, 0.4) is 0 Å². The minimum Gasteiger partial charge on any atom is -0.444 e. The Morgan fingerprint density at radius 3 is 2.37 bits per heavy atom. The monoisotopic (exact) mass is 382 g/mol. The quantitative estimate of drug-likeness (QED) is 0.575. The molecule has 1 aromatic carbocycles. The molecule has 0 saturated carbocycles. The molecular formula is C21H22N2O3S. The lowest BCUT2D eigenvalue weighted by atomic mass is 10.1. The van der Waals surface area contributed by atoms with Gasteiger partial charge in [0.25, 0.3) is 0 Å². The van der Waals surface area contributed by atoms with E-state index >= 15 is 0 Å². The van der Waals surface area contributed by atoms with E-state index < -0.39 is 11.7 Å². The summed E-state index contributed by atoms with van der Waals surface area (Å²) < 4.78 is 5.24. The maximum atomic E-state index is 12.5. The third kappa shape index (κ3) is 4.86. The van der Waals surface area contributed by atoms with Crippen molar-refractivity contribution in [2.75, 3.05) is 5.32 Å². The van der Waals surface area contributed by atoms with Gasteiger partial charge in [-0.3, -0.25) is 10.1 Å². The molecule has 0 spiro atoms. The lowest BCUT2D eigenvalue weighted by Crippen LogP contribution is -2.27. The standard InChI is InChI=1S/C21H22N2O3S/c1-13-5-10-18(27-13)19(24)15-11-17(22-12-15)14-6-8-16(9-7-14)23-20(25)26-21(2,3)4/h5-12,22H,1-4H3,(H,23,25). The van der Waals surface area contributed by atoms with Gasteiger partial charge in [0, 0.05) is 28.0 Å². The largest absolute Gasteiger partial charge is 0.444 e. The number of carbonyl (C=O) groups excluding carboxylic acids is 2. The summed E-state index contributed by atoms with van der Waals surface area (Å²) >= 11 is 1.49. The fourth-order valence-corrected chi connectivity index (χ4v) is 3.38. The zero-order chi connectivity index (χ0) is 19.6. The fraction of sp³-hybridized carbons (Fsp3) is 0.238. The van der Waals surface area contributed by atoms with E-state index in [4.69, 9.17) is 4.74 Å². The highest BCUT2D eigenvalue weighted by molar-refractivity contribution is 7.14. The van der Waals surface area contributed by atoms with E-state index in [1.54, 1.807) is 18.3 Å². The number of aryl methyl sites for hydroxylation is 1. The third-order valence-electron chi connectivity index (χ3n) is 3.75. The van der Waals surface area contributed by atoms with Gasteiger partial charge in [-0.1, -0.05) is 12.1 Å². The summed E-state index contributed by atoms with van der Waals surface area (Å²) in [5.74, 6) is 0.0128. The second-order valence-corrected chi connectivity index (χ2v) is 8.53. The Balaban J connectivity index is 1.70. The summed E-state index contributed by atoms with van der Waals surface area (Å²) in [5, 5.41) is 2.70. The average molecular weight is 382 g/mol. The van der Waals surface area contributed by atoms with E-state index in [2.05, 4.69) is 10.3 Å². The van der Waals surface area contributed by atoms with Crippen molar-refractivity contribution in [2.24, 2.45) is 0 Å². The number of carbonyl (C=O) groups is 2. The van der Waals surface area contributed by atoms with Gasteiger partial charge >= 0.3 is 6.09 Å². The molecule has 0 radical (unpaired) electrons. The number of hydrogen-bond acceptors (Lipinski definition) is 4. The van der Waals surface area contributed by atoms with Gasteiger partial charge < -0.3 is 9.72 Å². The molecule has 140 valence electrons. The molecule has 0 fully saturated rings. The Morgan fingerprint density at radius 1 is 1.07 bits per heavy atom. The smallest absolute Gasteiger partial charge is 0.412 e. The van der Waals surface area contributed by atoms with E-state index in [0.29, 0.717) is 11.3 Å². The molecule has 2 aromatic heterocycles. The molecule has 0 aliphatic heterocycles. The van der Waals surface area contributed by atoms with E-state index in [9.17, 15) is 9.59 Å². The summed E-state index contributed by atoms with van der Waals surface area (Å²) in [7, 11) is 0. The van der Waals surface area contributed by atoms with Crippen molar-refractivity contribution < 1.29 is 14.3 Å². The topological polar surface area (TPSA) is 71.2 Å². The highest BCUT2D eigenvalue weighted by atomic mass is 32.1. The molecule has 1 amide bonds. The lowest BCUT2D eigenvalue weighted by Gasteiger charge is -2.19. The van der Waals surface area contributed by atoms with E-state index in [-0.39, 0.29) is 5.78 Å². The molecule has 2 heterocycles. The summed E-state index contributed by atoms with van der Waals surface area (Å²) in [5.41, 5.74) is 2.49. The Labute approximate surface area is 162 Å². The van der Waals surface area contributed by atoms with Crippen molar-refractivity contribution in [1.82, 2.24) is 4.98 Å². The number of aromatic nitrogens is 1. The average Bonchev–Trinajstić information content (AvgIpc) is 3.22. The Hall–Kier alpha value is -2.86. The SMILES string of the molecule is Cc1ccc(C(=O)c2c[nH]c(-c3ccc(NC(=O)OC(C)(C)C)cc3)c2)s1. The van der Waals surface area contributed by atoms with Crippen LogP contribution in [0.25, 0.3) is 11.3 Å². The maximum absolute atomic E-state index is 12.5. The second kappa shape index (κ2) is 7.40. The molecule has 3 aromatic rings. The number of hydrogen-bond donors (Lipinski definition) is 2. The molecule has 2 N–H and O–H groups in total. The number of anilines is 1. The van der Waals surface area contributed by atoms with Crippen LogP contribution in [0.15, 0.2) is 48.7 Å². The minimum atomic E-state index is -0.543. The fourth-order valence-electron chi connectivity index (χ4n) is 2.55. The molecule has 0 aliphatic rings. The molecule has 0 saturated heterocycles. The Morgan fingerprint density at radius 2 is 1.78 bits per heavy atom. The van der Waals surface area contributed by atoms with Crippen LogP contribution < -0.4 is 5.32 Å². The number of benzene rings is 1. The molecule has 0 aliphatic carbocycles. The predicted octanol–water partition coefficient (Wildman–Crippen LogP) is 5.63. The zero-order valence-corrected chi connectivity index (χ0v) is 16.6. The molecule has 27 heavy (non-hydrogen) atoms. The highest BCUT2D eigenvalue weighted by Crippen LogP contribution is 2.25. The summed E-state index contributed by atoms with van der Waals surface area (Å²) in [6.07, 6.45) is 1.23. The van der Waals surface area contributed by atoms with Gasteiger partial charge in [0.15, 0.2) is 0 Å². The van der Waals surface area contributed by atoms with Crippen LogP contribution in [-0.4, -0.2) is 22.5 Å². The van der Waals surface area contributed by atoms with Gasteiger partial charge in [0.1, 0.15) is 5.60 Å². The van der Waals surface area contributed by atoms with Gasteiger partial charge in [0.05, 0.1) is 4.88 Å². The van der Waals surface area contributed by atoms with Crippen LogP contribution in [0, 0.1) is 6.92 Å². The first-order valence-corrected chi connectivity index (χ1v) is 9.43. The van der Waals surface area contributed by atoms with Crippen molar-refractivity contribution in [2.45, 2.75) is 33.3 Å². The first-order chi connectivity index (χ1) is 12.7. The van der Waals surface area contributed by atoms with Crippen LogP contribution in [-0.2, 0) is 4.74 Å². The minimum absolute atomic E-state index is 0.0128. The normalized spacial score (nSPS) is 11.3. The molecule has 5 nitrogen and oxygen atoms in total. The van der Waals surface area contributed by atoms with E-state index in [1.807, 2.05) is 58.0 Å². The first kappa shape index (κ1) is 18.9. The van der Waals surface area contributed by atoms with Crippen molar-refractivity contribution in [3.05, 3.63) is 64.0 Å². The second-order valence-electron chi connectivity index (χ2n) is 7.25. The number of rotatable bonds is 4. The molecule has 6 heteroatoms. The Kier molecular flexibility index (Phi) is 5.19.